The Bertz CT molecular complexity index is 644. The number of cyclic esters (lactones) is 1. The van der Waals surface area contributed by atoms with Crippen LogP contribution >= 0.6 is 0 Å². The predicted molar refractivity (Wildman–Crippen MR) is 177 cm³/mol. The number of hydrogen-bond donors (Lipinski definition) is 0. The lowest BCUT2D eigenvalue weighted by molar-refractivity contribution is -0.157. The fourth-order valence-corrected chi connectivity index (χ4v) is 5.64. The molecule has 1 fully saturated rings. The van der Waals surface area contributed by atoms with E-state index in [1.807, 2.05) is 0 Å². The fraction of sp³-hybridized carbons (Fsp3) is 0.816. The second kappa shape index (κ2) is 29.2. The van der Waals surface area contributed by atoms with Crippen molar-refractivity contribution in [2.24, 2.45) is 5.92 Å². The molecule has 0 aliphatic carbocycles. The van der Waals surface area contributed by atoms with Crippen LogP contribution in [0, 0.1) is 5.92 Å². The molecule has 0 radical (unpaired) electrons. The fourth-order valence-electron chi connectivity index (χ4n) is 5.64. The van der Waals surface area contributed by atoms with Crippen molar-refractivity contribution < 1.29 is 9.53 Å². The van der Waals surface area contributed by atoms with Crippen molar-refractivity contribution >= 4 is 5.97 Å². The van der Waals surface area contributed by atoms with Crippen molar-refractivity contribution in [1.82, 2.24) is 0 Å². The quantitative estimate of drug-likeness (QED) is 0.0499. The van der Waals surface area contributed by atoms with Gasteiger partial charge in [-0.05, 0) is 76.7 Å². The molecule has 1 aliphatic rings. The highest BCUT2D eigenvalue weighted by Crippen LogP contribution is 2.32. The van der Waals surface area contributed by atoms with Crippen LogP contribution in [-0.4, -0.2) is 5.97 Å². The van der Waals surface area contributed by atoms with Gasteiger partial charge >= 0.3 is 5.97 Å². The van der Waals surface area contributed by atoms with E-state index in [0.29, 0.717) is 0 Å². The summed E-state index contributed by atoms with van der Waals surface area (Å²) in [6.07, 6.45) is 48.3. The molecular formula is C38H68O2. The SMILES string of the molecule is CCCCC/C=C/CCCCCCCCCC/C=C1/OC(=O)C1CCCCCCCCCC/C=C/CCCCC. The summed E-state index contributed by atoms with van der Waals surface area (Å²) >= 11 is 0. The number of rotatable bonds is 30. The minimum Gasteiger partial charge on any atom is -0.430 e. The van der Waals surface area contributed by atoms with E-state index in [2.05, 4.69) is 44.2 Å². The van der Waals surface area contributed by atoms with Crippen LogP contribution in [0.25, 0.3) is 0 Å². The van der Waals surface area contributed by atoms with Crippen LogP contribution in [0.2, 0.25) is 0 Å². The van der Waals surface area contributed by atoms with Crippen molar-refractivity contribution in [3.8, 4) is 0 Å². The van der Waals surface area contributed by atoms with Gasteiger partial charge in [0.2, 0.25) is 0 Å². The number of carbonyl (C=O) groups excluding carboxylic acids is 1. The second-order valence-electron chi connectivity index (χ2n) is 12.3. The summed E-state index contributed by atoms with van der Waals surface area (Å²) in [5.74, 6) is 1.06. The third-order valence-corrected chi connectivity index (χ3v) is 8.41. The lowest BCUT2D eigenvalue weighted by Gasteiger charge is -2.28. The van der Waals surface area contributed by atoms with Crippen LogP contribution in [0.5, 0.6) is 0 Å². The highest BCUT2D eigenvalue weighted by molar-refractivity contribution is 5.82. The molecule has 0 aromatic carbocycles. The number of esters is 1. The zero-order valence-corrected chi connectivity index (χ0v) is 27.1. The highest BCUT2D eigenvalue weighted by atomic mass is 16.6. The van der Waals surface area contributed by atoms with E-state index in [1.165, 1.54) is 161 Å². The summed E-state index contributed by atoms with van der Waals surface area (Å²) in [7, 11) is 0. The van der Waals surface area contributed by atoms with Gasteiger partial charge in [0, 0.05) is 0 Å². The van der Waals surface area contributed by atoms with Crippen LogP contribution in [0.1, 0.15) is 194 Å². The molecule has 1 saturated heterocycles. The van der Waals surface area contributed by atoms with Crippen molar-refractivity contribution in [3.05, 3.63) is 36.1 Å². The Morgan fingerprint density at radius 3 is 1.23 bits per heavy atom. The maximum Gasteiger partial charge on any atom is 0.321 e. The zero-order valence-electron chi connectivity index (χ0n) is 27.1. The molecule has 2 nitrogen and oxygen atoms in total. The van der Waals surface area contributed by atoms with E-state index >= 15 is 0 Å². The van der Waals surface area contributed by atoms with E-state index < -0.39 is 0 Å². The monoisotopic (exact) mass is 557 g/mol. The third-order valence-electron chi connectivity index (χ3n) is 8.41. The molecule has 1 unspecified atom stereocenters. The van der Waals surface area contributed by atoms with Crippen molar-refractivity contribution in [2.75, 3.05) is 0 Å². The van der Waals surface area contributed by atoms with Crippen LogP contribution in [0.3, 0.4) is 0 Å². The Hall–Kier alpha value is -1.31. The highest BCUT2D eigenvalue weighted by Gasteiger charge is 2.36. The lowest BCUT2D eigenvalue weighted by atomic mass is 9.93. The molecular weight excluding hydrogens is 488 g/mol. The number of unbranched alkanes of at least 4 members (excludes halogenated alkanes) is 23. The summed E-state index contributed by atoms with van der Waals surface area (Å²) in [6.45, 7) is 4.54. The van der Waals surface area contributed by atoms with Crippen LogP contribution in [-0.2, 0) is 9.53 Å². The Labute approximate surface area is 250 Å². The summed E-state index contributed by atoms with van der Waals surface area (Å²) in [5, 5.41) is 0. The summed E-state index contributed by atoms with van der Waals surface area (Å²) < 4.78 is 5.36. The molecule has 0 N–H and O–H groups in total. The van der Waals surface area contributed by atoms with Gasteiger partial charge in [0.15, 0.2) is 0 Å². The molecule has 1 heterocycles. The van der Waals surface area contributed by atoms with Gasteiger partial charge in [0.05, 0.1) is 0 Å². The predicted octanol–water partition coefficient (Wildman–Crippen LogP) is 13.1. The summed E-state index contributed by atoms with van der Waals surface area (Å²) in [5.41, 5.74) is 0. The van der Waals surface area contributed by atoms with Gasteiger partial charge in [-0.15, -0.1) is 0 Å². The minimum absolute atomic E-state index is 0.0117. The minimum atomic E-state index is 0.0117. The van der Waals surface area contributed by atoms with Crippen molar-refractivity contribution in [3.63, 3.8) is 0 Å². The van der Waals surface area contributed by atoms with E-state index in [-0.39, 0.29) is 11.9 Å². The normalized spacial score (nSPS) is 16.4. The van der Waals surface area contributed by atoms with Crippen molar-refractivity contribution in [1.29, 1.82) is 0 Å². The first-order valence-corrected chi connectivity index (χ1v) is 18.0. The van der Waals surface area contributed by atoms with Gasteiger partial charge in [-0.2, -0.15) is 0 Å². The van der Waals surface area contributed by atoms with Gasteiger partial charge in [-0.25, -0.2) is 0 Å². The smallest absolute Gasteiger partial charge is 0.321 e. The first kappa shape index (κ1) is 36.7. The van der Waals surface area contributed by atoms with E-state index in [4.69, 9.17) is 4.74 Å². The van der Waals surface area contributed by atoms with Gasteiger partial charge in [0.1, 0.15) is 11.7 Å². The number of carbonyl (C=O) groups is 1. The van der Waals surface area contributed by atoms with E-state index in [0.717, 1.165) is 25.0 Å². The first-order valence-electron chi connectivity index (χ1n) is 18.0. The summed E-state index contributed by atoms with van der Waals surface area (Å²) in [4.78, 5) is 11.9. The van der Waals surface area contributed by atoms with Gasteiger partial charge in [-0.1, -0.05) is 147 Å². The molecule has 0 aromatic rings. The average molecular weight is 557 g/mol. The van der Waals surface area contributed by atoms with E-state index in [1.54, 1.807) is 0 Å². The average Bonchev–Trinajstić information content (AvgIpc) is 2.96. The Morgan fingerprint density at radius 1 is 0.475 bits per heavy atom. The largest absolute Gasteiger partial charge is 0.430 e. The molecule has 0 aromatic heterocycles. The number of hydrogen-bond acceptors (Lipinski definition) is 2. The molecule has 40 heavy (non-hydrogen) atoms. The van der Waals surface area contributed by atoms with Gasteiger partial charge < -0.3 is 4.74 Å². The first-order chi connectivity index (χ1) is 19.8. The Kier molecular flexibility index (Phi) is 26.8. The maximum absolute atomic E-state index is 11.9. The van der Waals surface area contributed by atoms with Gasteiger partial charge in [0.25, 0.3) is 0 Å². The molecule has 1 rings (SSSR count). The number of allylic oxidation sites excluding steroid dienone is 5. The van der Waals surface area contributed by atoms with Crippen molar-refractivity contribution in [2.45, 2.75) is 194 Å². The lowest BCUT2D eigenvalue weighted by Crippen LogP contribution is -2.32. The van der Waals surface area contributed by atoms with Crippen LogP contribution in [0.15, 0.2) is 36.1 Å². The molecule has 1 aliphatic heterocycles. The molecule has 0 bridgehead atoms. The van der Waals surface area contributed by atoms with Gasteiger partial charge in [-0.3, -0.25) is 4.79 Å². The maximum atomic E-state index is 11.9. The Morgan fingerprint density at radius 2 is 0.825 bits per heavy atom. The van der Waals surface area contributed by atoms with Crippen LogP contribution in [0.4, 0.5) is 0 Å². The van der Waals surface area contributed by atoms with Crippen LogP contribution < -0.4 is 0 Å². The second-order valence-corrected chi connectivity index (χ2v) is 12.3. The molecule has 0 spiro atoms. The molecule has 1 atom stereocenters. The topological polar surface area (TPSA) is 26.3 Å². The molecule has 0 saturated carbocycles. The molecule has 0 amide bonds. The zero-order chi connectivity index (χ0) is 28.8. The number of ether oxygens (including phenoxy) is 1. The molecule has 232 valence electrons. The standard InChI is InChI=1S/C38H68O2/c1-3-5-7-9-11-13-15-17-19-21-23-25-27-29-31-33-35-37-36(38(39)40-37)34-32-30-28-26-24-22-20-18-16-14-12-10-8-6-4-2/h11-14,35-36H,3-10,15-34H2,1-2H3/b13-11+,14-12+,37-35+. The summed E-state index contributed by atoms with van der Waals surface area (Å²) in [6, 6.07) is 0. The third kappa shape index (κ3) is 22.4. The molecule has 2 heteroatoms. The van der Waals surface area contributed by atoms with E-state index in [9.17, 15) is 4.79 Å². The Balaban J connectivity index is 1.87.